The van der Waals surface area contributed by atoms with E-state index in [1.807, 2.05) is 12.1 Å². The Balaban J connectivity index is 1.12. The Bertz CT molecular complexity index is 4020. The van der Waals surface area contributed by atoms with Crippen LogP contribution in [0.4, 0.5) is 17.1 Å². The van der Waals surface area contributed by atoms with Crippen molar-refractivity contribution in [1.29, 1.82) is 0 Å². The number of hydrogen-bond acceptors (Lipinski definition) is 2. The first-order chi connectivity index (χ1) is 29.8. The van der Waals surface area contributed by atoms with E-state index in [2.05, 4.69) is 196 Å². The number of rotatable bonds is 4. The number of nitrogens with zero attached hydrogens (tertiary/aromatic N) is 2. The highest BCUT2D eigenvalue weighted by atomic mass is 16.3. The molecular formula is C56H33N3O. The van der Waals surface area contributed by atoms with Gasteiger partial charge in [-0.25, -0.2) is 0 Å². The maximum Gasteiger partial charge on any atom is 0.136 e. The van der Waals surface area contributed by atoms with E-state index >= 15 is 0 Å². The third-order valence-electron chi connectivity index (χ3n) is 13.0. The van der Waals surface area contributed by atoms with E-state index in [0.29, 0.717) is 0 Å². The Morgan fingerprint density at radius 1 is 0.367 bits per heavy atom. The van der Waals surface area contributed by atoms with Gasteiger partial charge in [0.2, 0.25) is 0 Å². The van der Waals surface area contributed by atoms with Crippen LogP contribution in [-0.2, 0) is 0 Å². The van der Waals surface area contributed by atoms with Crippen molar-refractivity contribution in [3.05, 3.63) is 194 Å². The fourth-order valence-corrected chi connectivity index (χ4v) is 10.4. The van der Waals surface area contributed by atoms with Crippen molar-refractivity contribution in [2.24, 2.45) is 0 Å². The summed E-state index contributed by atoms with van der Waals surface area (Å²) in [6.45, 7) is 0. The minimum Gasteiger partial charge on any atom is -0.456 e. The zero-order valence-electron chi connectivity index (χ0n) is 32.3. The molecule has 1 N–H and O–H groups in total. The summed E-state index contributed by atoms with van der Waals surface area (Å²) in [6, 6.07) is 70.5. The Hall–Kier alpha value is -8.08. The van der Waals surface area contributed by atoms with E-state index in [0.717, 1.165) is 61.2 Å². The van der Waals surface area contributed by atoms with Gasteiger partial charge in [-0.15, -0.1) is 0 Å². The van der Waals surface area contributed by atoms with Crippen LogP contribution in [0.15, 0.2) is 199 Å². The molecule has 14 aromatic rings. The molecule has 60 heavy (non-hydrogen) atoms. The van der Waals surface area contributed by atoms with E-state index in [-0.39, 0.29) is 0 Å². The molecule has 0 unspecified atom stereocenters. The van der Waals surface area contributed by atoms with Crippen molar-refractivity contribution in [3.63, 3.8) is 0 Å². The summed E-state index contributed by atoms with van der Waals surface area (Å²) >= 11 is 0. The summed E-state index contributed by atoms with van der Waals surface area (Å²) in [5, 5.41) is 14.8. The van der Waals surface area contributed by atoms with Crippen LogP contribution in [-0.4, -0.2) is 9.38 Å². The second-order valence-corrected chi connectivity index (χ2v) is 16.1. The Morgan fingerprint density at radius 2 is 0.983 bits per heavy atom. The quantitative estimate of drug-likeness (QED) is 0.194. The molecule has 4 heterocycles. The van der Waals surface area contributed by atoms with Crippen LogP contribution in [0.25, 0.3) is 115 Å². The second kappa shape index (κ2) is 11.8. The molecule has 4 aromatic heterocycles. The molecule has 4 heteroatoms. The summed E-state index contributed by atoms with van der Waals surface area (Å²) in [5.41, 5.74) is 13.4. The van der Waals surface area contributed by atoms with Crippen molar-refractivity contribution in [2.45, 2.75) is 0 Å². The van der Waals surface area contributed by atoms with E-state index in [4.69, 9.17) is 4.42 Å². The molecule has 0 fully saturated rings. The molecule has 0 saturated carbocycles. The molecule has 0 spiro atoms. The van der Waals surface area contributed by atoms with Crippen LogP contribution in [0.3, 0.4) is 0 Å². The van der Waals surface area contributed by atoms with Crippen molar-refractivity contribution < 1.29 is 4.42 Å². The van der Waals surface area contributed by atoms with E-state index in [1.54, 1.807) is 0 Å². The van der Waals surface area contributed by atoms with Gasteiger partial charge in [-0.05, 0) is 82.6 Å². The number of furan rings is 1. The predicted molar refractivity (Wildman–Crippen MR) is 253 cm³/mol. The summed E-state index contributed by atoms with van der Waals surface area (Å²) in [6.07, 6.45) is 0. The number of aromatic nitrogens is 2. The van der Waals surface area contributed by atoms with Crippen molar-refractivity contribution in [2.75, 3.05) is 4.90 Å². The lowest BCUT2D eigenvalue weighted by Gasteiger charge is -2.26. The van der Waals surface area contributed by atoms with E-state index in [9.17, 15) is 0 Å². The van der Waals surface area contributed by atoms with E-state index < -0.39 is 0 Å². The van der Waals surface area contributed by atoms with E-state index in [1.165, 1.54) is 70.4 Å². The van der Waals surface area contributed by atoms with Gasteiger partial charge in [-0.1, -0.05) is 133 Å². The molecule has 0 aliphatic rings. The maximum atomic E-state index is 6.34. The van der Waals surface area contributed by atoms with Crippen molar-refractivity contribution in [1.82, 2.24) is 9.38 Å². The molecule has 4 nitrogen and oxygen atoms in total. The molecule has 0 radical (unpaired) electrons. The minimum atomic E-state index is 0.900. The van der Waals surface area contributed by atoms with Gasteiger partial charge >= 0.3 is 0 Å². The first-order valence-electron chi connectivity index (χ1n) is 20.6. The van der Waals surface area contributed by atoms with Crippen LogP contribution in [0, 0.1) is 0 Å². The van der Waals surface area contributed by atoms with Gasteiger partial charge in [0.15, 0.2) is 0 Å². The largest absolute Gasteiger partial charge is 0.456 e. The third-order valence-corrected chi connectivity index (χ3v) is 13.0. The highest BCUT2D eigenvalue weighted by molar-refractivity contribution is 6.39. The van der Waals surface area contributed by atoms with Gasteiger partial charge in [-0.2, -0.15) is 0 Å². The maximum absolute atomic E-state index is 6.34. The van der Waals surface area contributed by atoms with Gasteiger partial charge in [-0.3, -0.25) is 0 Å². The summed E-state index contributed by atoms with van der Waals surface area (Å²) in [4.78, 5) is 6.40. The number of fused-ring (bicyclic) bond motifs is 18. The zero-order chi connectivity index (χ0) is 39.1. The van der Waals surface area contributed by atoms with Crippen LogP contribution in [0.5, 0.6) is 0 Å². The fourth-order valence-electron chi connectivity index (χ4n) is 10.4. The minimum absolute atomic E-state index is 0.900. The lowest BCUT2D eigenvalue weighted by atomic mass is 9.96. The van der Waals surface area contributed by atoms with Crippen molar-refractivity contribution >= 4 is 120 Å². The number of hydrogen-bond donors (Lipinski definition) is 1. The van der Waals surface area contributed by atoms with Crippen LogP contribution < -0.4 is 4.90 Å². The number of benzene rings is 10. The third kappa shape index (κ3) is 4.24. The van der Waals surface area contributed by atoms with Gasteiger partial charge in [0.25, 0.3) is 0 Å². The zero-order valence-corrected chi connectivity index (χ0v) is 32.3. The lowest BCUT2D eigenvalue weighted by Crippen LogP contribution is -2.09. The molecule has 0 atom stereocenters. The highest BCUT2D eigenvalue weighted by Gasteiger charge is 2.25. The Labute approximate surface area is 343 Å². The van der Waals surface area contributed by atoms with Gasteiger partial charge in [0.1, 0.15) is 11.2 Å². The molecule has 0 amide bonds. The first kappa shape index (κ1) is 31.9. The molecule has 14 rings (SSSR count). The number of H-pyrrole nitrogens is 1. The Kier molecular flexibility index (Phi) is 6.26. The van der Waals surface area contributed by atoms with Gasteiger partial charge < -0.3 is 18.7 Å². The second-order valence-electron chi connectivity index (χ2n) is 16.1. The van der Waals surface area contributed by atoms with Gasteiger partial charge in [0.05, 0.1) is 22.1 Å². The number of nitrogens with one attached hydrogen (secondary N) is 1. The molecular weight excluding hydrogens is 731 g/mol. The van der Waals surface area contributed by atoms with Gasteiger partial charge in [0, 0.05) is 76.4 Å². The van der Waals surface area contributed by atoms with Crippen molar-refractivity contribution in [3.8, 4) is 11.1 Å². The highest BCUT2D eigenvalue weighted by Crippen LogP contribution is 2.49. The Morgan fingerprint density at radius 3 is 1.82 bits per heavy atom. The number of aromatic amines is 1. The molecule has 0 bridgehead atoms. The first-order valence-corrected chi connectivity index (χ1v) is 20.6. The summed E-state index contributed by atoms with van der Waals surface area (Å²) < 4.78 is 8.93. The normalized spacial score (nSPS) is 12.3. The molecule has 0 aliphatic heterocycles. The predicted octanol–water partition coefficient (Wildman–Crippen LogP) is 15.8. The molecule has 10 aromatic carbocycles. The monoisotopic (exact) mass is 763 g/mol. The van der Waals surface area contributed by atoms with Crippen LogP contribution in [0.1, 0.15) is 0 Å². The standard InChI is InChI=1S/C56H33N3O/c1-3-13-36(14-4-1)58(37-15-5-2-6-16-37)38-25-29-42-47(32-38)53-52(45-28-24-34(30-48(45)57-53)35-23-26-41-40-18-9-10-21-49(40)60-50(41)31-35)56-51(42)46-20-11-19-43-44-27-22-33-12-7-8-17-39(33)54(44)59(56)55(43)46/h1-32,57H. The summed E-state index contributed by atoms with van der Waals surface area (Å²) in [5.74, 6) is 0. The number of anilines is 3. The van der Waals surface area contributed by atoms with Crippen LogP contribution in [0.2, 0.25) is 0 Å². The summed E-state index contributed by atoms with van der Waals surface area (Å²) in [7, 11) is 0. The topological polar surface area (TPSA) is 36.6 Å². The lowest BCUT2D eigenvalue weighted by molar-refractivity contribution is 0.669. The fraction of sp³-hybridized carbons (Fsp3) is 0. The molecule has 0 saturated heterocycles. The smallest absolute Gasteiger partial charge is 0.136 e. The number of para-hydroxylation sites is 4. The SMILES string of the molecule is c1ccc(N(c2ccccc2)c2ccc3c(c2)c2[nH]c4cc(-c5ccc6c(c5)oc5ccccc56)ccc4c2c2c3c3cccc4c5ccc6ccccc6c5n2c43)cc1. The average Bonchev–Trinajstić information content (AvgIpc) is 4.06. The molecule has 278 valence electrons. The van der Waals surface area contributed by atoms with Crippen LogP contribution >= 0.6 is 0 Å². The average molecular weight is 764 g/mol. The molecule has 0 aliphatic carbocycles.